The molecule has 2 N–H and O–H groups in total. The molecule has 38 heavy (non-hydrogen) atoms. The average molecular weight is 551 g/mol. The first-order valence-corrected chi connectivity index (χ1v) is 14.3. The molecular formula is C28H30N4O4S2. The standard InChI is InChI=1S/C28H30N4O4S2/c1-16(2)21(36-3)11-12-23-24(26(34)35)30-28(38-23)32-14-13-17-7-6-8-18(19(17)15-32)25(33)31-27-29-20-9-4-5-10-22(20)37-27/h4-10,16,21H,11-15H2,1-3H3,(H,34,35)(H,29,31,33). The van der Waals surface area contributed by atoms with Crippen LogP contribution in [-0.2, 0) is 24.1 Å². The molecule has 2 aromatic carbocycles. The smallest absolute Gasteiger partial charge is 0.355 e. The number of nitrogens with zero attached hydrogens (tertiary/aromatic N) is 3. The van der Waals surface area contributed by atoms with Crippen molar-refractivity contribution in [3.05, 3.63) is 69.7 Å². The van der Waals surface area contributed by atoms with Crippen LogP contribution in [0.2, 0.25) is 0 Å². The highest BCUT2D eigenvalue weighted by Crippen LogP contribution is 2.34. The van der Waals surface area contributed by atoms with Gasteiger partial charge in [-0.1, -0.05) is 49.4 Å². The number of anilines is 2. The number of carbonyl (C=O) groups is 2. The minimum Gasteiger partial charge on any atom is -0.476 e. The lowest BCUT2D eigenvalue weighted by molar-refractivity contribution is 0.0582. The Morgan fingerprint density at radius 3 is 2.68 bits per heavy atom. The first-order valence-electron chi connectivity index (χ1n) is 12.6. The van der Waals surface area contributed by atoms with Gasteiger partial charge in [0.25, 0.3) is 5.91 Å². The van der Waals surface area contributed by atoms with Gasteiger partial charge in [0, 0.05) is 30.6 Å². The fourth-order valence-corrected chi connectivity index (χ4v) is 6.81. The van der Waals surface area contributed by atoms with Gasteiger partial charge in [0.05, 0.1) is 16.3 Å². The van der Waals surface area contributed by atoms with E-state index in [0.717, 1.165) is 39.1 Å². The summed E-state index contributed by atoms with van der Waals surface area (Å²) in [5.41, 5.74) is 3.62. The van der Waals surface area contributed by atoms with E-state index in [1.165, 1.54) is 22.7 Å². The highest BCUT2D eigenvalue weighted by atomic mass is 32.1. The number of carbonyl (C=O) groups excluding carboxylic acids is 1. The van der Waals surface area contributed by atoms with Crippen LogP contribution in [0, 0.1) is 5.92 Å². The van der Waals surface area contributed by atoms with E-state index in [1.807, 2.05) is 42.5 Å². The van der Waals surface area contributed by atoms with Gasteiger partial charge in [-0.05, 0) is 54.5 Å². The van der Waals surface area contributed by atoms with Crippen LogP contribution in [-0.4, -0.2) is 46.7 Å². The number of carboxylic acids is 1. The van der Waals surface area contributed by atoms with E-state index >= 15 is 0 Å². The molecule has 0 spiro atoms. The number of aromatic carboxylic acids is 1. The van der Waals surface area contributed by atoms with E-state index in [9.17, 15) is 14.7 Å². The van der Waals surface area contributed by atoms with E-state index in [1.54, 1.807) is 7.11 Å². The third kappa shape index (κ3) is 5.43. The SMILES string of the molecule is COC(CCc1sc(N2CCc3cccc(C(=O)Nc4nc5ccccc5s4)c3C2)nc1C(=O)O)C(C)C. The van der Waals surface area contributed by atoms with E-state index < -0.39 is 5.97 Å². The molecule has 0 aliphatic carbocycles. The largest absolute Gasteiger partial charge is 0.476 e. The summed E-state index contributed by atoms with van der Waals surface area (Å²) in [5, 5.41) is 14.0. The van der Waals surface area contributed by atoms with E-state index in [0.29, 0.717) is 41.3 Å². The number of hydrogen-bond donors (Lipinski definition) is 2. The summed E-state index contributed by atoms with van der Waals surface area (Å²) < 4.78 is 6.59. The molecule has 5 rings (SSSR count). The Morgan fingerprint density at radius 2 is 1.95 bits per heavy atom. The van der Waals surface area contributed by atoms with Gasteiger partial charge in [-0.25, -0.2) is 14.8 Å². The van der Waals surface area contributed by atoms with Gasteiger partial charge < -0.3 is 14.7 Å². The summed E-state index contributed by atoms with van der Waals surface area (Å²) in [5.74, 6) is -0.881. The zero-order valence-corrected chi connectivity index (χ0v) is 23.2. The summed E-state index contributed by atoms with van der Waals surface area (Å²) in [4.78, 5) is 37.2. The molecule has 0 fully saturated rings. The number of ether oxygens (including phenoxy) is 1. The van der Waals surface area contributed by atoms with Crippen molar-refractivity contribution in [1.82, 2.24) is 9.97 Å². The maximum atomic E-state index is 13.3. The molecule has 0 saturated carbocycles. The van der Waals surface area contributed by atoms with Gasteiger partial charge in [0.2, 0.25) is 0 Å². The fourth-order valence-electron chi connectivity index (χ4n) is 4.85. The molecule has 0 radical (unpaired) electrons. The van der Waals surface area contributed by atoms with E-state index in [-0.39, 0.29) is 17.7 Å². The minimum atomic E-state index is -1.02. The third-order valence-corrected chi connectivity index (χ3v) is 9.02. The molecule has 8 nitrogen and oxygen atoms in total. The molecule has 4 aromatic rings. The Hall–Kier alpha value is -3.34. The Balaban J connectivity index is 1.37. The van der Waals surface area contributed by atoms with Crippen LogP contribution >= 0.6 is 22.7 Å². The van der Waals surface area contributed by atoms with Gasteiger partial charge >= 0.3 is 5.97 Å². The number of rotatable bonds is 9. The summed E-state index contributed by atoms with van der Waals surface area (Å²) in [6.07, 6.45) is 2.12. The van der Waals surface area contributed by atoms with Crippen LogP contribution in [0.25, 0.3) is 10.2 Å². The number of carboxylic acid groups (broad SMARTS) is 1. The van der Waals surface area contributed by atoms with Crippen molar-refractivity contribution in [1.29, 1.82) is 0 Å². The van der Waals surface area contributed by atoms with Crippen molar-refractivity contribution in [3.8, 4) is 0 Å². The van der Waals surface area contributed by atoms with Crippen LogP contribution in [0.4, 0.5) is 10.3 Å². The summed E-state index contributed by atoms with van der Waals surface area (Å²) in [6.45, 7) is 5.38. The molecule has 0 bridgehead atoms. The Labute approximate surface area is 229 Å². The maximum absolute atomic E-state index is 13.3. The molecule has 1 aliphatic heterocycles. The Bertz CT molecular complexity index is 1450. The van der Waals surface area contributed by atoms with Crippen LogP contribution in [0.3, 0.4) is 0 Å². The number of aromatic nitrogens is 2. The maximum Gasteiger partial charge on any atom is 0.355 e. The lowest BCUT2D eigenvalue weighted by Gasteiger charge is -2.29. The second-order valence-corrected chi connectivity index (χ2v) is 11.8. The molecule has 1 unspecified atom stereocenters. The molecule has 1 atom stereocenters. The summed E-state index contributed by atoms with van der Waals surface area (Å²) >= 11 is 2.87. The molecule has 2 aromatic heterocycles. The molecule has 0 saturated heterocycles. The van der Waals surface area contributed by atoms with Gasteiger partial charge in [-0.2, -0.15) is 0 Å². The normalized spacial score (nSPS) is 14.1. The number of aryl methyl sites for hydroxylation is 1. The molecule has 1 amide bonds. The number of thiazole rings is 2. The van der Waals surface area contributed by atoms with Crippen LogP contribution in [0.15, 0.2) is 42.5 Å². The second kappa shape index (κ2) is 11.2. The number of fused-ring (bicyclic) bond motifs is 2. The quantitative estimate of drug-likeness (QED) is 0.269. The highest BCUT2D eigenvalue weighted by molar-refractivity contribution is 7.22. The number of methoxy groups -OCH3 is 1. The summed E-state index contributed by atoms with van der Waals surface area (Å²) in [7, 11) is 1.69. The lowest BCUT2D eigenvalue weighted by Crippen LogP contribution is -2.32. The van der Waals surface area contributed by atoms with Crippen molar-refractivity contribution < 1.29 is 19.4 Å². The predicted octanol–water partition coefficient (Wildman–Crippen LogP) is 5.87. The molecule has 198 valence electrons. The average Bonchev–Trinajstić information content (AvgIpc) is 3.52. The number of hydrogen-bond acceptors (Lipinski definition) is 8. The third-order valence-electron chi connectivity index (χ3n) is 6.89. The topological polar surface area (TPSA) is 105 Å². The van der Waals surface area contributed by atoms with Crippen molar-refractivity contribution in [2.45, 2.75) is 45.8 Å². The zero-order chi connectivity index (χ0) is 26.8. The first-order chi connectivity index (χ1) is 18.3. The van der Waals surface area contributed by atoms with E-state index in [4.69, 9.17) is 4.74 Å². The lowest BCUT2D eigenvalue weighted by atomic mass is 9.94. The second-order valence-electron chi connectivity index (χ2n) is 9.69. The van der Waals surface area contributed by atoms with Crippen molar-refractivity contribution >= 4 is 55.0 Å². The monoisotopic (exact) mass is 550 g/mol. The highest BCUT2D eigenvalue weighted by Gasteiger charge is 2.27. The number of amides is 1. The van der Waals surface area contributed by atoms with Gasteiger partial charge in [-0.3, -0.25) is 10.1 Å². The minimum absolute atomic E-state index is 0.0561. The number of para-hydroxylation sites is 1. The predicted molar refractivity (Wildman–Crippen MR) is 152 cm³/mol. The fraction of sp³-hybridized carbons (Fsp3) is 0.357. The Morgan fingerprint density at radius 1 is 1.13 bits per heavy atom. The molecule has 3 heterocycles. The first kappa shape index (κ1) is 26.3. The zero-order valence-electron chi connectivity index (χ0n) is 21.6. The van der Waals surface area contributed by atoms with Crippen LogP contribution in [0.5, 0.6) is 0 Å². The molecule has 10 heteroatoms. The van der Waals surface area contributed by atoms with Crippen molar-refractivity contribution in [2.75, 3.05) is 23.9 Å². The van der Waals surface area contributed by atoms with Gasteiger partial charge in [0.1, 0.15) is 0 Å². The van der Waals surface area contributed by atoms with Crippen molar-refractivity contribution in [3.63, 3.8) is 0 Å². The number of nitrogens with one attached hydrogen (secondary N) is 1. The van der Waals surface area contributed by atoms with Crippen LogP contribution < -0.4 is 10.2 Å². The molecular weight excluding hydrogens is 520 g/mol. The summed E-state index contributed by atoms with van der Waals surface area (Å²) in [6, 6.07) is 13.6. The molecule has 1 aliphatic rings. The van der Waals surface area contributed by atoms with E-state index in [2.05, 4.69) is 34.0 Å². The Kier molecular flexibility index (Phi) is 7.73. The number of benzene rings is 2. The van der Waals surface area contributed by atoms with Crippen LogP contribution in [0.1, 0.15) is 57.1 Å². The van der Waals surface area contributed by atoms with Gasteiger partial charge in [0.15, 0.2) is 16.0 Å². The van der Waals surface area contributed by atoms with Gasteiger partial charge in [-0.15, -0.1) is 11.3 Å². The van der Waals surface area contributed by atoms with Crippen molar-refractivity contribution in [2.24, 2.45) is 5.92 Å².